The number of nitrogens with zero attached hydrogens (tertiary/aromatic N) is 1. The molecule has 1 aliphatic heterocycles. The van der Waals surface area contributed by atoms with Crippen LogP contribution in [0.3, 0.4) is 0 Å². The molecule has 0 saturated carbocycles. The van der Waals surface area contributed by atoms with Crippen LogP contribution in [0.25, 0.3) is 0 Å². The molecular weight excluding hydrogens is 351 g/mol. The summed E-state index contributed by atoms with van der Waals surface area (Å²) in [5.74, 6) is -4.84. The zero-order valence-corrected chi connectivity index (χ0v) is 12.8. The Labute approximate surface area is 139 Å². The molecule has 0 aromatic heterocycles. The van der Waals surface area contributed by atoms with Crippen molar-refractivity contribution < 1.29 is 36.6 Å². The van der Waals surface area contributed by atoms with Crippen molar-refractivity contribution in [3.8, 4) is 0 Å². The molecule has 2 N–H and O–H groups in total. The molecule has 1 unspecified atom stereocenters. The van der Waals surface area contributed by atoms with Crippen LogP contribution in [0.5, 0.6) is 0 Å². The highest BCUT2D eigenvalue weighted by molar-refractivity contribution is 5.76. The average Bonchev–Trinajstić information content (AvgIpc) is 2.54. The van der Waals surface area contributed by atoms with Crippen LogP contribution in [0.2, 0.25) is 0 Å². The Morgan fingerprint density at radius 3 is 2.32 bits per heavy atom. The third-order valence-electron chi connectivity index (χ3n) is 4.02. The maximum absolute atomic E-state index is 13.7. The number of carboxylic acid groups (broad SMARTS) is 1. The molecule has 0 bridgehead atoms. The van der Waals surface area contributed by atoms with E-state index in [-0.39, 0.29) is 25.9 Å². The molecular formula is C15H15F5N2O3. The van der Waals surface area contributed by atoms with Gasteiger partial charge >= 0.3 is 18.2 Å². The highest BCUT2D eigenvalue weighted by Gasteiger charge is 2.44. The molecule has 138 valence electrons. The molecule has 10 heteroatoms. The van der Waals surface area contributed by atoms with E-state index in [9.17, 15) is 31.5 Å². The number of aliphatic carboxylic acids is 1. The Kier molecular flexibility index (Phi) is 5.48. The standard InChI is InChI=1S/C15H15F5N2O3/c16-10-3-1-2-9(11(10)17)12(15(18,19)20)21-14(25)22-6-4-8(5-7-22)13(23)24/h1-3,8,12H,4-7H2,(H,21,25)(H,23,24). The molecule has 5 nitrogen and oxygen atoms in total. The highest BCUT2D eigenvalue weighted by atomic mass is 19.4. The molecule has 2 amide bonds. The van der Waals surface area contributed by atoms with Crippen molar-refractivity contribution in [3.63, 3.8) is 0 Å². The summed E-state index contributed by atoms with van der Waals surface area (Å²) >= 11 is 0. The van der Waals surface area contributed by atoms with Gasteiger partial charge in [-0.3, -0.25) is 4.79 Å². The zero-order valence-electron chi connectivity index (χ0n) is 12.8. The Morgan fingerprint density at radius 1 is 1.20 bits per heavy atom. The predicted molar refractivity (Wildman–Crippen MR) is 75.6 cm³/mol. The first-order valence-electron chi connectivity index (χ1n) is 7.40. The van der Waals surface area contributed by atoms with Gasteiger partial charge in [0, 0.05) is 18.7 Å². The van der Waals surface area contributed by atoms with Crippen molar-refractivity contribution >= 4 is 12.0 Å². The number of alkyl halides is 3. The maximum atomic E-state index is 13.7. The van der Waals surface area contributed by atoms with Gasteiger partial charge in [-0.2, -0.15) is 13.2 Å². The first-order chi connectivity index (χ1) is 11.6. The van der Waals surface area contributed by atoms with Crippen LogP contribution in [0.1, 0.15) is 24.4 Å². The van der Waals surface area contributed by atoms with Crippen LogP contribution in [0.15, 0.2) is 18.2 Å². The number of rotatable bonds is 3. The average molecular weight is 366 g/mol. The number of hydrogen-bond donors (Lipinski definition) is 2. The number of carbonyl (C=O) groups excluding carboxylic acids is 1. The lowest BCUT2D eigenvalue weighted by atomic mass is 9.97. The molecule has 0 radical (unpaired) electrons. The first kappa shape index (κ1) is 18.9. The van der Waals surface area contributed by atoms with Crippen LogP contribution in [-0.4, -0.2) is 41.3 Å². The zero-order chi connectivity index (χ0) is 18.8. The summed E-state index contributed by atoms with van der Waals surface area (Å²) in [6.45, 7) is -0.0853. The summed E-state index contributed by atoms with van der Waals surface area (Å²) < 4.78 is 66.6. The van der Waals surface area contributed by atoms with Gasteiger partial charge in [0.05, 0.1) is 5.92 Å². The van der Waals surface area contributed by atoms with Crippen molar-refractivity contribution in [1.82, 2.24) is 10.2 Å². The fraction of sp³-hybridized carbons (Fsp3) is 0.467. The fourth-order valence-electron chi connectivity index (χ4n) is 2.62. The number of nitrogens with one attached hydrogen (secondary N) is 1. The van der Waals surface area contributed by atoms with E-state index < -0.39 is 47.3 Å². The second-order valence-electron chi connectivity index (χ2n) is 5.67. The minimum absolute atomic E-state index is 0.0426. The Balaban J connectivity index is 2.14. The summed E-state index contributed by atoms with van der Waals surface area (Å²) in [5.41, 5.74) is -1.03. The monoisotopic (exact) mass is 366 g/mol. The molecule has 0 spiro atoms. The minimum Gasteiger partial charge on any atom is -0.481 e. The smallest absolute Gasteiger partial charge is 0.413 e. The number of urea groups is 1. The summed E-state index contributed by atoms with van der Waals surface area (Å²) in [4.78, 5) is 23.9. The number of carboxylic acids is 1. The van der Waals surface area contributed by atoms with Crippen LogP contribution >= 0.6 is 0 Å². The van der Waals surface area contributed by atoms with E-state index in [2.05, 4.69) is 0 Å². The van der Waals surface area contributed by atoms with Gasteiger partial charge in [-0.15, -0.1) is 0 Å². The molecule has 1 aliphatic rings. The fourth-order valence-corrected chi connectivity index (χ4v) is 2.62. The number of carbonyl (C=O) groups is 2. The van der Waals surface area contributed by atoms with Crippen LogP contribution in [0.4, 0.5) is 26.7 Å². The van der Waals surface area contributed by atoms with Gasteiger partial charge in [0.15, 0.2) is 17.7 Å². The van der Waals surface area contributed by atoms with Gasteiger partial charge in [0.25, 0.3) is 0 Å². The molecule has 1 fully saturated rings. The van der Waals surface area contributed by atoms with E-state index in [1.54, 1.807) is 5.32 Å². The van der Waals surface area contributed by atoms with E-state index in [1.165, 1.54) is 0 Å². The summed E-state index contributed by atoms with van der Waals surface area (Å²) in [6.07, 6.45) is -4.83. The Hall–Kier alpha value is -2.39. The van der Waals surface area contributed by atoms with Gasteiger partial charge in [-0.25, -0.2) is 13.6 Å². The molecule has 1 aromatic rings. The Bertz CT molecular complexity index is 657. The largest absolute Gasteiger partial charge is 0.481 e. The van der Waals surface area contributed by atoms with Crippen molar-refractivity contribution in [2.75, 3.05) is 13.1 Å². The highest BCUT2D eigenvalue weighted by Crippen LogP contribution is 2.34. The second kappa shape index (κ2) is 7.24. The first-order valence-corrected chi connectivity index (χ1v) is 7.40. The number of amides is 2. The maximum Gasteiger partial charge on any atom is 0.413 e. The van der Waals surface area contributed by atoms with Crippen molar-refractivity contribution in [3.05, 3.63) is 35.4 Å². The minimum atomic E-state index is -5.04. The lowest BCUT2D eigenvalue weighted by Gasteiger charge is -2.32. The van der Waals surface area contributed by atoms with Gasteiger partial charge in [-0.05, 0) is 18.9 Å². The second-order valence-corrected chi connectivity index (χ2v) is 5.67. The van der Waals surface area contributed by atoms with Crippen molar-refractivity contribution in [1.29, 1.82) is 0 Å². The molecule has 0 aliphatic carbocycles. The Morgan fingerprint density at radius 2 is 1.80 bits per heavy atom. The number of likely N-dealkylation sites (tertiary alicyclic amines) is 1. The number of benzene rings is 1. The number of piperidine rings is 1. The van der Waals surface area contributed by atoms with Gasteiger partial charge < -0.3 is 15.3 Å². The van der Waals surface area contributed by atoms with Crippen LogP contribution in [0, 0.1) is 17.6 Å². The van der Waals surface area contributed by atoms with E-state index in [0.29, 0.717) is 6.07 Å². The normalized spacial score (nSPS) is 17.2. The molecule has 1 aromatic carbocycles. The van der Waals surface area contributed by atoms with E-state index in [0.717, 1.165) is 17.0 Å². The number of halogens is 5. The van der Waals surface area contributed by atoms with E-state index in [4.69, 9.17) is 5.11 Å². The lowest BCUT2D eigenvalue weighted by Crippen LogP contribution is -2.49. The topological polar surface area (TPSA) is 69.6 Å². The third kappa shape index (κ3) is 4.37. The summed E-state index contributed by atoms with van der Waals surface area (Å²) in [7, 11) is 0. The van der Waals surface area contributed by atoms with Crippen molar-refractivity contribution in [2.45, 2.75) is 25.1 Å². The summed E-state index contributed by atoms with van der Waals surface area (Å²) in [6, 6.07) is -1.50. The van der Waals surface area contributed by atoms with Crippen molar-refractivity contribution in [2.24, 2.45) is 5.92 Å². The van der Waals surface area contributed by atoms with Crippen LogP contribution in [-0.2, 0) is 4.79 Å². The van der Waals surface area contributed by atoms with E-state index in [1.807, 2.05) is 0 Å². The number of hydrogen-bond acceptors (Lipinski definition) is 2. The quantitative estimate of drug-likeness (QED) is 0.808. The molecule has 1 saturated heterocycles. The molecule has 1 heterocycles. The predicted octanol–water partition coefficient (Wildman–Crippen LogP) is 3.07. The van der Waals surface area contributed by atoms with Crippen LogP contribution < -0.4 is 5.32 Å². The van der Waals surface area contributed by atoms with Gasteiger partial charge in [-0.1, -0.05) is 12.1 Å². The SMILES string of the molecule is O=C(O)C1CCN(C(=O)NC(c2cccc(F)c2F)C(F)(F)F)CC1. The van der Waals surface area contributed by atoms with Gasteiger partial charge in [0.2, 0.25) is 0 Å². The summed E-state index contributed by atoms with van der Waals surface area (Å²) in [5, 5.41) is 10.5. The van der Waals surface area contributed by atoms with E-state index >= 15 is 0 Å². The molecule has 25 heavy (non-hydrogen) atoms. The molecule has 2 rings (SSSR count). The van der Waals surface area contributed by atoms with Gasteiger partial charge in [0.1, 0.15) is 0 Å². The third-order valence-corrected chi connectivity index (χ3v) is 4.02. The molecule has 1 atom stereocenters. The lowest BCUT2D eigenvalue weighted by molar-refractivity contribution is -0.156.